The number of pyridine rings is 1. The van der Waals surface area contributed by atoms with Crippen molar-refractivity contribution in [3.05, 3.63) is 95.3 Å². The Labute approximate surface area is 252 Å². The zero-order valence-corrected chi connectivity index (χ0v) is 24.8. The van der Waals surface area contributed by atoms with Crippen molar-refractivity contribution in [1.82, 2.24) is 14.8 Å². The Morgan fingerprint density at radius 1 is 0.955 bits per heavy atom. The van der Waals surface area contributed by atoms with Crippen molar-refractivity contribution in [3.63, 3.8) is 0 Å². The van der Waals surface area contributed by atoms with E-state index in [-0.39, 0.29) is 22.8 Å². The first kappa shape index (κ1) is 31.7. The van der Waals surface area contributed by atoms with E-state index in [4.69, 9.17) is 5.73 Å². The normalized spacial score (nSPS) is 12.9. The van der Waals surface area contributed by atoms with Crippen LogP contribution in [0, 0.1) is 0 Å². The van der Waals surface area contributed by atoms with Gasteiger partial charge in [0.2, 0.25) is 0 Å². The van der Waals surface area contributed by atoms with Gasteiger partial charge < -0.3 is 16.4 Å². The van der Waals surface area contributed by atoms with Crippen LogP contribution in [0.5, 0.6) is 0 Å². The van der Waals surface area contributed by atoms with E-state index in [1.54, 1.807) is 38.1 Å². The maximum absolute atomic E-state index is 13.3. The van der Waals surface area contributed by atoms with E-state index in [1.165, 1.54) is 16.8 Å². The van der Waals surface area contributed by atoms with Gasteiger partial charge in [0, 0.05) is 16.9 Å². The number of alkyl halides is 3. The van der Waals surface area contributed by atoms with Gasteiger partial charge >= 0.3 is 6.18 Å². The summed E-state index contributed by atoms with van der Waals surface area (Å²) in [5.41, 5.74) is 7.41. The number of carbonyl (C=O) groups excluding carboxylic acids is 2. The van der Waals surface area contributed by atoms with Gasteiger partial charge in [0.25, 0.3) is 5.91 Å². The lowest BCUT2D eigenvalue weighted by atomic mass is 10.1. The minimum absolute atomic E-state index is 0.0944. The molecule has 2 aromatic heterocycles. The number of nitrogens with zero attached hydrogens (tertiary/aromatic N) is 4. The fourth-order valence-corrected chi connectivity index (χ4v) is 4.43. The van der Waals surface area contributed by atoms with Crippen molar-refractivity contribution in [3.8, 4) is 11.3 Å². The van der Waals surface area contributed by atoms with E-state index in [0.717, 1.165) is 6.07 Å². The number of hydrogen-bond acceptors (Lipinski definition) is 7. The second-order valence-electron chi connectivity index (χ2n) is 11.0. The average molecular weight is 604 g/mol. The molecule has 0 aliphatic carbocycles. The Kier molecular flexibility index (Phi) is 9.03. The first-order valence-electron chi connectivity index (χ1n) is 13.6. The van der Waals surface area contributed by atoms with Crippen LogP contribution in [0.15, 0.2) is 89.1 Å². The van der Waals surface area contributed by atoms with E-state index >= 15 is 0 Å². The fourth-order valence-electron chi connectivity index (χ4n) is 4.43. The standard InChI is InChI=1S/C32H32F3N7O2/c1-19(36)27(20(2)37-22-10-7-6-8-11-22)30(44)38-23-16-14-21(15-17-23)28-24(18-43)29(42(41-28)31(3,4)5)40-26-13-9-12-25(39-26)32(33,34)35/h6-18H,36H2,1-5H3,(H,38,44)(H,39,40). The van der Waals surface area contributed by atoms with Crippen LogP contribution in [0.2, 0.25) is 0 Å². The van der Waals surface area contributed by atoms with Crippen LogP contribution in [0.3, 0.4) is 0 Å². The topological polar surface area (TPSA) is 127 Å². The second-order valence-corrected chi connectivity index (χ2v) is 11.0. The molecule has 4 aromatic rings. The Bertz CT molecular complexity index is 1730. The van der Waals surface area contributed by atoms with Crippen LogP contribution in [-0.4, -0.2) is 32.7 Å². The molecule has 12 heteroatoms. The summed E-state index contributed by atoms with van der Waals surface area (Å²) in [6, 6.07) is 19.3. The molecule has 9 nitrogen and oxygen atoms in total. The molecule has 0 saturated carbocycles. The fraction of sp³-hybridized carbons (Fsp3) is 0.219. The Balaban J connectivity index is 1.64. The highest BCUT2D eigenvalue weighted by molar-refractivity contribution is 6.25. The summed E-state index contributed by atoms with van der Waals surface area (Å²) in [6.45, 7) is 8.85. The van der Waals surface area contributed by atoms with Crippen LogP contribution in [0.25, 0.3) is 11.3 Å². The van der Waals surface area contributed by atoms with Gasteiger partial charge in [-0.1, -0.05) is 36.4 Å². The monoisotopic (exact) mass is 603 g/mol. The molecule has 0 bridgehead atoms. The number of aromatic nitrogens is 3. The first-order valence-corrected chi connectivity index (χ1v) is 13.6. The Hall–Kier alpha value is -5.26. The van der Waals surface area contributed by atoms with E-state index < -0.39 is 23.3 Å². The van der Waals surface area contributed by atoms with E-state index in [2.05, 4.69) is 25.7 Å². The first-order chi connectivity index (χ1) is 20.7. The molecule has 0 aliphatic rings. The molecule has 0 spiro atoms. The second kappa shape index (κ2) is 12.5. The minimum atomic E-state index is -4.63. The summed E-state index contributed by atoms with van der Waals surface area (Å²) >= 11 is 0. The highest BCUT2D eigenvalue weighted by Gasteiger charge is 2.33. The van der Waals surface area contributed by atoms with Gasteiger partial charge in [-0.15, -0.1) is 0 Å². The molecule has 1 amide bonds. The molecular formula is C32H32F3N7O2. The van der Waals surface area contributed by atoms with Crippen LogP contribution in [-0.2, 0) is 16.5 Å². The number of amides is 1. The van der Waals surface area contributed by atoms with Crippen LogP contribution >= 0.6 is 0 Å². The number of benzene rings is 2. The predicted molar refractivity (Wildman–Crippen MR) is 165 cm³/mol. The molecule has 0 aliphatic heterocycles. The molecule has 0 atom stereocenters. The number of nitrogens with two attached hydrogens (primary N) is 1. The molecule has 2 heterocycles. The van der Waals surface area contributed by atoms with Crippen LogP contribution < -0.4 is 16.4 Å². The number of aldehydes is 1. The lowest BCUT2D eigenvalue weighted by Crippen LogP contribution is -2.25. The third kappa shape index (κ3) is 7.20. The van der Waals surface area contributed by atoms with Crippen molar-refractivity contribution in [2.24, 2.45) is 10.7 Å². The predicted octanol–water partition coefficient (Wildman–Crippen LogP) is 7.24. The van der Waals surface area contributed by atoms with Gasteiger partial charge in [-0.2, -0.15) is 18.3 Å². The highest BCUT2D eigenvalue weighted by atomic mass is 19.4. The number of anilines is 3. The molecule has 4 N–H and O–H groups in total. The number of nitrogens with one attached hydrogen (secondary N) is 2. The maximum atomic E-state index is 13.3. The third-order valence-corrected chi connectivity index (χ3v) is 6.41. The minimum Gasteiger partial charge on any atom is -0.402 e. The summed E-state index contributed by atoms with van der Waals surface area (Å²) in [4.78, 5) is 33.7. The lowest BCUT2D eigenvalue weighted by molar-refractivity contribution is -0.141. The molecular weight excluding hydrogens is 571 g/mol. The largest absolute Gasteiger partial charge is 0.433 e. The molecule has 0 radical (unpaired) electrons. The van der Waals surface area contributed by atoms with Gasteiger partial charge in [0.1, 0.15) is 23.0 Å². The van der Waals surface area contributed by atoms with Gasteiger partial charge in [0.15, 0.2) is 6.29 Å². The van der Waals surface area contributed by atoms with Crippen LogP contribution in [0.1, 0.15) is 50.7 Å². The van der Waals surface area contributed by atoms with Gasteiger partial charge in [-0.25, -0.2) is 9.67 Å². The van der Waals surface area contributed by atoms with Gasteiger partial charge in [-0.3, -0.25) is 14.6 Å². The number of hydrogen-bond donors (Lipinski definition) is 3. The SMILES string of the molecule is CC(=Nc1ccccc1)C(C(=O)Nc1ccc(-c2nn(C(C)(C)C)c(Nc3cccc(C(F)(F)F)n3)c2C=O)cc1)=C(C)N. The summed E-state index contributed by atoms with van der Waals surface area (Å²) in [5, 5.41) is 10.3. The zero-order chi connectivity index (χ0) is 32.2. The van der Waals surface area contributed by atoms with Gasteiger partial charge in [0.05, 0.1) is 28.1 Å². The summed E-state index contributed by atoms with van der Waals surface area (Å²) in [5.74, 6) is -0.350. The molecule has 44 heavy (non-hydrogen) atoms. The number of para-hydroxylation sites is 1. The van der Waals surface area contributed by atoms with Crippen molar-refractivity contribution < 1.29 is 22.8 Å². The van der Waals surface area contributed by atoms with Crippen molar-refractivity contribution in [2.75, 3.05) is 10.6 Å². The van der Waals surface area contributed by atoms with E-state index in [9.17, 15) is 22.8 Å². The smallest absolute Gasteiger partial charge is 0.402 e. The van der Waals surface area contributed by atoms with Gasteiger partial charge in [-0.05, 0) is 71.0 Å². The number of carbonyl (C=O) groups is 2. The molecule has 2 aromatic carbocycles. The summed E-state index contributed by atoms with van der Waals surface area (Å²) in [6.07, 6.45) is -4.04. The van der Waals surface area contributed by atoms with Crippen molar-refractivity contribution >= 4 is 40.9 Å². The van der Waals surface area contributed by atoms with E-state index in [0.29, 0.717) is 40.3 Å². The molecule has 228 valence electrons. The van der Waals surface area contributed by atoms with Crippen molar-refractivity contribution in [2.45, 2.75) is 46.3 Å². The number of allylic oxidation sites excluding steroid dienone is 1. The number of halogens is 3. The number of aliphatic imine (C=N–C) groups is 1. The lowest BCUT2D eigenvalue weighted by Gasteiger charge is -2.23. The average Bonchev–Trinajstić information content (AvgIpc) is 3.32. The summed E-state index contributed by atoms with van der Waals surface area (Å²) < 4.78 is 41.3. The molecule has 0 saturated heterocycles. The third-order valence-electron chi connectivity index (χ3n) is 6.41. The highest BCUT2D eigenvalue weighted by Crippen LogP contribution is 2.35. The molecule has 4 rings (SSSR count). The van der Waals surface area contributed by atoms with Crippen LogP contribution in [0.4, 0.5) is 36.2 Å². The number of rotatable bonds is 8. The molecule has 0 fully saturated rings. The quantitative estimate of drug-likeness (QED) is 0.111. The van der Waals surface area contributed by atoms with Crippen molar-refractivity contribution in [1.29, 1.82) is 0 Å². The van der Waals surface area contributed by atoms with E-state index in [1.807, 2.05) is 51.1 Å². The Morgan fingerprint density at radius 2 is 1.61 bits per heavy atom. The summed E-state index contributed by atoms with van der Waals surface area (Å²) in [7, 11) is 0. The Morgan fingerprint density at radius 3 is 2.18 bits per heavy atom. The molecule has 0 unspecified atom stereocenters. The maximum Gasteiger partial charge on any atom is 0.433 e. The zero-order valence-electron chi connectivity index (χ0n) is 24.8.